The monoisotopic (exact) mass is 385 g/mol. The molecule has 0 bridgehead atoms. The lowest BCUT2D eigenvalue weighted by Gasteiger charge is -2.19. The average molecular weight is 385 g/mol. The topological polar surface area (TPSA) is 72.5 Å². The summed E-state index contributed by atoms with van der Waals surface area (Å²) >= 11 is 0. The van der Waals surface area contributed by atoms with Crippen molar-refractivity contribution in [3.05, 3.63) is 52.8 Å². The number of carbonyl (C=O) groups is 1. The molecule has 0 radical (unpaired) electrons. The first-order valence-electron chi connectivity index (χ1n) is 8.17. The van der Waals surface area contributed by atoms with Crippen LogP contribution < -0.4 is 5.73 Å². The largest absolute Gasteiger partial charge is 0.507 e. The minimum Gasteiger partial charge on any atom is -0.507 e. The molecule has 0 unspecified atom stereocenters. The number of halogens is 4. The summed E-state index contributed by atoms with van der Waals surface area (Å²) in [4.78, 5) is 11.6. The molecule has 2 rings (SSSR count). The minimum atomic E-state index is -4.98. The van der Waals surface area contributed by atoms with E-state index in [-0.39, 0.29) is 23.5 Å². The van der Waals surface area contributed by atoms with Gasteiger partial charge < -0.3 is 15.6 Å². The molecule has 0 aliphatic heterocycles. The van der Waals surface area contributed by atoms with Crippen LogP contribution in [0.15, 0.2) is 30.3 Å². The molecule has 4 nitrogen and oxygen atoms in total. The molecular formula is C19H19F4NO3. The Balaban J connectivity index is 2.65. The number of ether oxygens (including phenoxy) is 1. The van der Waals surface area contributed by atoms with Crippen LogP contribution in [0.1, 0.15) is 36.1 Å². The Hall–Kier alpha value is -2.61. The average Bonchev–Trinajstić information content (AvgIpc) is 2.54. The highest BCUT2D eigenvalue weighted by atomic mass is 19.4. The number of phenolic OH excluding ortho intramolecular Hbond substituents is 1. The molecular weight excluding hydrogens is 366 g/mol. The van der Waals surface area contributed by atoms with Crippen LogP contribution in [0.3, 0.4) is 0 Å². The van der Waals surface area contributed by atoms with Gasteiger partial charge in [0.1, 0.15) is 11.6 Å². The fourth-order valence-corrected chi connectivity index (χ4v) is 2.80. The van der Waals surface area contributed by atoms with Crippen LogP contribution in [0.25, 0.3) is 11.1 Å². The van der Waals surface area contributed by atoms with E-state index >= 15 is 0 Å². The molecule has 1 atom stereocenters. The maximum Gasteiger partial charge on any atom is 0.419 e. The molecule has 2 aromatic rings. The van der Waals surface area contributed by atoms with E-state index in [4.69, 9.17) is 10.5 Å². The van der Waals surface area contributed by atoms with Gasteiger partial charge in [0.25, 0.3) is 0 Å². The van der Waals surface area contributed by atoms with Gasteiger partial charge in [0.2, 0.25) is 0 Å². The molecule has 146 valence electrons. The number of rotatable bonds is 5. The summed E-state index contributed by atoms with van der Waals surface area (Å²) in [5.41, 5.74) is 4.38. The molecule has 0 fully saturated rings. The van der Waals surface area contributed by atoms with Gasteiger partial charge in [0, 0.05) is 17.2 Å². The van der Waals surface area contributed by atoms with E-state index in [0.29, 0.717) is 11.6 Å². The number of alkyl halides is 3. The van der Waals surface area contributed by atoms with E-state index in [1.807, 2.05) is 0 Å². The molecule has 0 aliphatic carbocycles. The third kappa shape index (κ3) is 4.57. The van der Waals surface area contributed by atoms with Crippen LogP contribution in [0.4, 0.5) is 17.6 Å². The minimum absolute atomic E-state index is 0.0476. The van der Waals surface area contributed by atoms with Crippen LogP contribution in [0.5, 0.6) is 5.75 Å². The first-order chi connectivity index (χ1) is 12.6. The van der Waals surface area contributed by atoms with Crippen molar-refractivity contribution in [2.45, 2.75) is 32.5 Å². The fraction of sp³-hybridized carbons (Fsp3) is 0.316. The number of phenols is 1. The molecule has 3 N–H and O–H groups in total. The van der Waals surface area contributed by atoms with Crippen molar-refractivity contribution in [3.8, 4) is 16.9 Å². The van der Waals surface area contributed by atoms with Crippen LogP contribution >= 0.6 is 0 Å². The van der Waals surface area contributed by atoms with Gasteiger partial charge in [0.05, 0.1) is 18.6 Å². The number of aryl methyl sites for hydroxylation is 1. The summed E-state index contributed by atoms with van der Waals surface area (Å²) < 4.78 is 59.3. The van der Waals surface area contributed by atoms with Gasteiger partial charge >= 0.3 is 12.1 Å². The van der Waals surface area contributed by atoms with Crippen LogP contribution in [-0.2, 0) is 15.7 Å². The summed E-state index contributed by atoms with van der Waals surface area (Å²) in [6, 6.07) is 4.86. The first kappa shape index (κ1) is 20.7. The number of benzene rings is 2. The van der Waals surface area contributed by atoms with E-state index in [0.717, 1.165) is 6.07 Å². The number of hydrogen-bond donors (Lipinski definition) is 2. The van der Waals surface area contributed by atoms with Crippen LogP contribution in [-0.4, -0.2) is 17.7 Å². The molecule has 0 saturated carbocycles. The number of nitrogens with two attached hydrogens (primary N) is 1. The number of esters is 1. The standard InChI is InChI=1S/C19H19F4NO3/c1-3-27-16(26)9-14(24)12-7-11(8-13(18(12)20)19(21,22)23)17-10(2)5-4-6-15(17)25/h4-8,14,25H,3,9,24H2,1-2H3/t14-/m0/s1. The fourth-order valence-electron chi connectivity index (χ4n) is 2.80. The second-order valence-electron chi connectivity index (χ2n) is 6.01. The number of aromatic hydroxyl groups is 1. The highest BCUT2D eigenvalue weighted by molar-refractivity contribution is 5.75. The van der Waals surface area contributed by atoms with Crippen molar-refractivity contribution in [1.82, 2.24) is 0 Å². The van der Waals surface area contributed by atoms with E-state index in [1.54, 1.807) is 19.9 Å². The second kappa shape index (κ2) is 7.96. The third-order valence-corrected chi connectivity index (χ3v) is 4.04. The van der Waals surface area contributed by atoms with Gasteiger partial charge in [0.15, 0.2) is 0 Å². The van der Waals surface area contributed by atoms with Gasteiger partial charge in [-0.05, 0) is 43.2 Å². The number of hydrogen-bond acceptors (Lipinski definition) is 4. The molecule has 0 heterocycles. The van der Waals surface area contributed by atoms with E-state index < -0.39 is 41.6 Å². The molecule has 0 spiro atoms. The SMILES string of the molecule is CCOC(=O)C[C@H](N)c1cc(-c2c(C)cccc2O)cc(C(F)(F)F)c1F. The molecule has 0 aromatic heterocycles. The third-order valence-electron chi connectivity index (χ3n) is 4.04. The Labute approximate surface area is 153 Å². The molecule has 0 aliphatic rings. The Bertz CT molecular complexity index is 829. The van der Waals surface area contributed by atoms with Crippen molar-refractivity contribution in [1.29, 1.82) is 0 Å². The lowest BCUT2D eigenvalue weighted by molar-refractivity contribution is -0.143. The summed E-state index contributed by atoms with van der Waals surface area (Å²) in [5.74, 6) is -2.54. The van der Waals surface area contributed by atoms with Gasteiger partial charge in [-0.3, -0.25) is 4.79 Å². The molecule has 0 saturated heterocycles. The van der Waals surface area contributed by atoms with E-state index in [1.165, 1.54) is 12.1 Å². The van der Waals surface area contributed by atoms with E-state index in [9.17, 15) is 27.5 Å². The maximum atomic E-state index is 14.5. The van der Waals surface area contributed by atoms with Crippen LogP contribution in [0.2, 0.25) is 0 Å². The molecule has 2 aromatic carbocycles. The molecule has 0 amide bonds. The predicted molar refractivity (Wildman–Crippen MR) is 91.4 cm³/mol. The lowest BCUT2D eigenvalue weighted by atomic mass is 9.92. The van der Waals surface area contributed by atoms with Gasteiger partial charge in [-0.25, -0.2) is 4.39 Å². The van der Waals surface area contributed by atoms with Gasteiger partial charge in [-0.15, -0.1) is 0 Å². The van der Waals surface area contributed by atoms with Crippen molar-refractivity contribution in [2.75, 3.05) is 6.61 Å². The summed E-state index contributed by atoms with van der Waals surface area (Å²) in [6.45, 7) is 3.23. The predicted octanol–water partition coefficient (Wildman–Crippen LogP) is 4.48. The van der Waals surface area contributed by atoms with Crippen molar-refractivity contribution in [3.63, 3.8) is 0 Å². The zero-order valence-electron chi connectivity index (χ0n) is 14.7. The maximum absolute atomic E-state index is 14.5. The van der Waals surface area contributed by atoms with Crippen molar-refractivity contribution >= 4 is 5.97 Å². The smallest absolute Gasteiger partial charge is 0.419 e. The second-order valence-corrected chi connectivity index (χ2v) is 6.01. The zero-order chi connectivity index (χ0) is 20.4. The van der Waals surface area contributed by atoms with Crippen molar-refractivity contribution in [2.24, 2.45) is 5.73 Å². The lowest BCUT2D eigenvalue weighted by Crippen LogP contribution is -2.20. The molecule has 27 heavy (non-hydrogen) atoms. The highest BCUT2D eigenvalue weighted by Crippen LogP contribution is 2.40. The normalized spacial score (nSPS) is 12.7. The Morgan fingerprint density at radius 2 is 1.96 bits per heavy atom. The van der Waals surface area contributed by atoms with Gasteiger partial charge in [-0.1, -0.05) is 12.1 Å². The zero-order valence-corrected chi connectivity index (χ0v) is 14.7. The summed E-state index contributed by atoms with van der Waals surface area (Å²) in [6.07, 6.45) is -5.46. The van der Waals surface area contributed by atoms with Crippen molar-refractivity contribution < 1.29 is 32.2 Å². The van der Waals surface area contributed by atoms with Gasteiger partial charge in [-0.2, -0.15) is 13.2 Å². The number of carbonyl (C=O) groups excluding carboxylic acids is 1. The molecule has 8 heteroatoms. The Kier molecular flexibility index (Phi) is 6.10. The Morgan fingerprint density at radius 3 is 2.52 bits per heavy atom. The first-order valence-corrected chi connectivity index (χ1v) is 8.17. The Morgan fingerprint density at radius 1 is 1.30 bits per heavy atom. The van der Waals surface area contributed by atoms with Crippen LogP contribution in [0, 0.1) is 12.7 Å². The summed E-state index contributed by atoms with van der Waals surface area (Å²) in [5, 5.41) is 10.1. The van der Waals surface area contributed by atoms with E-state index in [2.05, 4.69) is 0 Å². The summed E-state index contributed by atoms with van der Waals surface area (Å²) in [7, 11) is 0. The highest BCUT2D eigenvalue weighted by Gasteiger charge is 2.37. The quantitative estimate of drug-likeness (QED) is 0.588.